The van der Waals surface area contributed by atoms with Crippen LogP contribution in [0.5, 0.6) is 0 Å². The Kier molecular flexibility index (Phi) is 5.44. The van der Waals surface area contributed by atoms with Gasteiger partial charge in [0.2, 0.25) is 0 Å². The topological polar surface area (TPSA) is 58.6 Å². The molecule has 0 saturated heterocycles. The van der Waals surface area contributed by atoms with Crippen molar-refractivity contribution in [1.29, 1.82) is 0 Å². The summed E-state index contributed by atoms with van der Waals surface area (Å²) in [4.78, 5) is 11.8. The standard InChI is InChI=1S/C15H13Cl2NO3/c16-12-6-11(8-19)14(7-13(12)17)18-15(20)21-9-10-4-2-1-3-5-10/h1-7,19H,8-9H2,(H,18,20). The van der Waals surface area contributed by atoms with Crippen LogP contribution in [-0.2, 0) is 18.0 Å². The average molecular weight is 326 g/mol. The van der Waals surface area contributed by atoms with E-state index in [2.05, 4.69) is 5.32 Å². The largest absolute Gasteiger partial charge is 0.444 e. The van der Waals surface area contributed by atoms with Gasteiger partial charge < -0.3 is 9.84 Å². The van der Waals surface area contributed by atoms with E-state index in [9.17, 15) is 9.90 Å². The van der Waals surface area contributed by atoms with Crippen molar-refractivity contribution in [3.63, 3.8) is 0 Å². The quantitative estimate of drug-likeness (QED) is 0.884. The van der Waals surface area contributed by atoms with Gasteiger partial charge in [-0.1, -0.05) is 53.5 Å². The van der Waals surface area contributed by atoms with Crippen LogP contribution in [0.15, 0.2) is 42.5 Å². The Bertz CT molecular complexity index is 632. The summed E-state index contributed by atoms with van der Waals surface area (Å²) in [5.74, 6) is 0. The monoisotopic (exact) mass is 325 g/mol. The molecular weight excluding hydrogens is 313 g/mol. The van der Waals surface area contributed by atoms with Crippen molar-refractivity contribution in [2.24, 2.45) is 0 Å². The molecule has 0 aromatic heterocycles. The molecule has 0 aliphatic heterocycles. The van der Waals surface area contributed by atoms with Gasteiger partial charge in [0.25, 0.3) is 0 Å². The number of benzene rings is 2. The fraction of sp³-hybridized carbons (Fsp3) is 0.133. The summed E-state index contributed by atoms with van der Waals surface area (Å²) in [6.07, 6.45) is -0.632. The first-order valence-corrected chi connectivity index (χ1v) is 6.92. The zero-order chi connectivity index (χ0) is 15.2. The molecule has 4 nitrogen and oxygen atoms in total. The maximum Gasteiger partial charge on any atom is 0.411 e. The van der Waals surface area contributed by atoms with Crippen LogP contribution in [0.25, 0.3) is 0 Å². The number of halogens is 2. The number of aliphatic hydroxyl groups is 1. The molecule has 2 N–H and O–H groups in total. The molecule has 2 aromatic rings. The Morgan fingerprint density at radius 3 is 2.48 bits per heavy atom. The number of rotatable bonds is 4. The zero-order valence-electron chi connectivity index (χ0n) is 11.0. The number of ether oxygens (including phenoxy) is 1. The predicted molar refractivity (Wildman–Crippen MR) is 82.6 cm³/mol. The fourth-order valence-electron chi connectivity index (χ4n) is 1.70. The molecule has 110 valence electrons. The van der Waals surface area contributed by atoms with E-state index in [0.29, 0.717) is 16.3 Å². The van der Waals surface area contributed by atoms with Gasteiger partial charge in [0.15, 0.2) is 0 Å². The highest BCUT2D eigenvalue weighted by Gasteiger charge is 2.11. The fourth-order valence-corrected chi connectivity index (χ4v) is 2.05. The summed E-state index contributed by atoms with van der Waals surface area (Å²) in [5, 5.41) is 12.4. The van der Waals surface area contributed by atoms with Crippen molar-refractivity contribution in [3.05, 3.63) is 63.6 Å². The number of carbonyl (C=O) groups is 1. The van der Waals surface area contributed by atoms with Gasteiger partial charge in [0.1, 0.15) is 6.61 Å². The van der Waals surface area contributed by atoms with E-state index in [0.717, 1.165) is 5.56 Å². The smallest absolute Gasteiger partial charge is 0.411 e. The molecule has 0 aliphatic rings. The molecule has 0 atom stereocenters. The first kappa shape index (κ1) is 15.6. The van der Waals surface area contributed by atoms with E-state index < -0.39 is 6.09 Å². The molecule has 6 heteroatoms. The van der Waals surface area contributed by atoms with Crippen LogP contribution in [0.1, 0.15) is 11.1 Å². The van der Waals surface area contributed by atoms with Crippen LogP contribution in [0, 0.1) is 0 Å². The van der Waals surface area contributed by atoms with Gasteiger partial charge in [-0.15, -0.1) is 0 Å². The average Bonchev–Trinajstić information content (AvgIpc) is 2.49. The molecule has 0 bridgehead atoms. The normalized spacial score (nSPS) is 10.2. The Morgan fingerprint density at radius 1 is 1.14 bits per heavy atom. The molecule has 2 aromatic carbocycles. The lowest BCUT2D eigenvalue weighted by atomic mass is 10.2. The number of anilines is 1. The molecular formula is C15H13Cl2NO3. The number of aliphatic hydroxyl groups excluding tert-OH is 1. The third kappa shape index (κ3) is 4.36. The summed E-state index contributed by atoms with van der Waals surface area (Å²) in [6, 6.07) is 12.3. The summed E-state index contributed by atoms with van der Waals surface area (Å²) in [6.45, 7) is -0.117. The maximum atomic E-state index is 11.8. The third-order valence-electron chi connectivity index (χ3n) is 2.77. The van der Waals surface area contributed by atoms with E-state index in [1.807, 2.05) is 30.3 Å². The second-order valence-electron chi connectivity index (χ2n) is 4.27. The summed E-state index contributed by atoms with van der Waals surface area (Å²) < 4.78 is 5.09. The van der Waals surface area contributed by atoms with Gasteiger partial charge in [0, 0.05) is 5.56 Å². The van der Waals surface area contributed by atoms with Crippen LogP contribution in [0.4, 0.5) is 10.5 Å². The number of hydrogen-bond acceptors (Lipinski definition) is 3. The minimum Gasteiger partial charge on any atom is -0.444 e. The predicted octanol–water partition coefficient (Wildman–Crippen LogP) is 4.23. The minimum atomic E-state index is -0.632. The molecule has 0 heterocycles. The lowest BCUT2D eigenvalue weighted by molar-refractivity contribution is 0.155. The lowest BCUT2D eigenvalue weighted by Gasteiger charge is -2.11. The number of carbonyl (C=O) groups excluding carboxylic acids is 1. The van der Waals surface area contributed by atoms with Crippen LogP contribution in [0.3, 0.4) is 0 Å². The molecule has 0 radical (unpaired) electrons. The number of nitrogens with one attached hydrogen (secondary N) is 1. The van der Waals surface area contributed by atoms with E-state index in [1.165, 1.54) is 12.1 Å². The Morgan fingerprint density at radius 2 is 1.81 bits per heavy atom. The van der Waals surface area contributed by atoms with Gasteiger partial charge in [-0.05, 0) is 17.7 Å². The summed E-state index contributed by atoms with van der Waals surface area (Å²) >= 11 is 11.7. The molecule has 2 rings (SSSR count). The van der Waals surface area contributed by atoms with Crippen molar-refractivity contribution in [2.45, 2.75) is 13.2 Å². The Balaban J connectivity index is 2.01. The SMILES string of the molecule is O=C(Nc1cc(Cl)c(Cl)cc1CO)OCc1ccccc1. The highest BCUT2D eigenvalue weighted by Crippen LogP contribution is 2.29. The van der Waals surface area contributed by atoms with Crippen molar-refractivity contribution in [3.8, 4) is 0 Å². The minimum absolute atomic E-state index is 0.155. The molecule has 0 aliphatic carbocycles. The molecule has 0 spiro atoms. The van der Waals surface area contributed by atoms with Crippen LogP contribution in [-0.4, -0.2) is 11.2 Å². The van der Waals surface area contributed by atoms with Crippen LogP contribution in [0.2, 0.25) is 10.0 Å². The van der Waals surface area contributed by atoms with Gasteiger partial charge in [-0.2, -0.15) is 0 Å². The molecule has 21 heavy (non-hydrogen) atoms. The van der Waals surface area contributed by atoms with Crippen molar-refractivity contribution < 1.29 is 14.6 Å². The zero-order valence-corrected chi connectivity index (χ0v) is 12.5. The maximum absolute atomic E-state index is 11.8. The van der Waals surface area contributed by atoms with Gasteiger partial charge in [-0.3, -0.25) is 5.32 Å². The third-order valence-corrected chi connectivity index (χ3v) is 3.49. The highest BCUT2D eigenvalue weighted by molar-refractivity contribution is 6.42. The summed E-state index contributed by atoms with van der Waals surface area (Å²) in [7, 11) is 0. The summed E-state index contributed by atoms with van der Waals surface area (Å²) in [5.41, 5.74) is 1.70. The number of amides is 1. The Labute approximate surface area is 132 Å². The molecule has 1 amide bonds. The van der Waals surface area contributed by atoms with Crippen molar-refractivity contribution in [2.75, 3.05) is 5.32 Å². The molecule has 0 saturated carbocycles. The highest BCUT2D eigenvalue weighted by atomic mass is 35.5. The van der Waals surface area contributed by atoms with E-state index in [1.54, 1.807) is 0 Å². The second-order valence-corrected chi connectivity index (χ2v) is 5.08. The van der Waals surface area contributed by atoms with Gasteiger partial charge in [0.05, 0.1) is 22.3 Å². The first-order chi connectivity index (χ1) is 10.1. The second kappa shape index (κ2) is 7.31. The van der Waals surface area contributed by atoms with Gasteiger partial charge >= 0.3 is 6.09 Å². The van der Waals surface area contributed by atoms with Crippen molar-refractivity contribution >= 4 is 35.0 Å². The van der Waals surface area contributed by atoms with Crippen LogP contribution >= 0.6 is 23.2 Å². The number of hydrogen-bond donors (Lipinski definition) is 2. The lowest BCUT2D eigenvalue weighted by Crippen LogP contribution is -2.15. The van der Waals surface area contributed by atoms with Gasteiger partial charge in [-0.25, -0.2) is 4.79 Å². The Hall–Kier alpha value is -1.75. The van der Waals surface area contributed by atoms with E-state index >= 15 is 0 Å². The van der Waals surface area contributed by atoms with Crippen molar-refractivity contribution in [1.82, 2.24) is 0 Å². The molecule has 0 unspecified atom stereocenters. The molecule has 0 fully saturated rings. The van der Waals surface area contributed by atoms with E-state index in [4.69, 9.17) is 27.9 Å². The van der Waals surface area contributed by atoms with E-state index in [-0.39, 0.29) is 18.2 Å². The first-order valence-electron chi connectivity index (χ1n) is 6.16. The van der Waals surface area contributed by atoms with Crippen LogP contribution < -0.4 is 5.32 Å².